The molecule has 0 aliphatic carbocycles. The summed E-state index contributed by atoms with van der Waals surface area (Å²) in [7, 11) is -3.61. The van der Waals surface area contributed by atoms with Gasteiger partial charge in [-0.2, -0.15) is 11.8 Å². The Hall–Kier alpha value is -1.58. The van der Waals surface area contributed by atoms with Gasteiger partial charge in [-0.05, 0) is 59.3 Å². The molecule has 0 aliphatic heterocycles. The van der Waals surface area contributed by atoms with Crippen LogP contribution in [0.15, 0.2) is 34.9 Å². The molecule has 196 valence electrons. The van der Waals surface area contributed by atoms with Crippen LogP contribution in [0.25, 0.3) is 0 Å². The van der Waals surface area contributed by atoms with Crippen LogP contribution in [0.3, 0.4) is 0 Å². The maximum Gasteiger partial charge on any atom is 0.327 e. The number of sulfonamides is 1. The van der Waals surface area contributed by atoms with E-state index in [-0.39, 0.29) is 11.7 Å². The Morgan fingerprint density at radius 3 is 2.06 bits per heavy atom. The molecule has 1 amide bonds. The van der Waals surface area contributed by atoms with E-state index in [2.05, 4.69) is 56.0 Å². The Morgan fingerprint density at radius 2 is 1.56 bits per heavy atom. The molecule has 0 saturated carbocycles. The van der Waals surface area contributed by atoms with Gasteiger partial charge in [-0.15, -0.1) is 0 Å². The van der Waals surface area contributed by atoms with Crippen molar-refractivity contribution >= 4 is 33.7 Å². The minimum absolute atomic E-state index is 0.195. The molecule has 34 heavy (non-hydrogen) atoms. The summed E-state index contributed by atoms with van der Waals surface area (Å²) in [5.41, 5.74) is 3.97. The Labute approximate surface area is 211 Å². The van der Waals surface area contributed by atoms with E-state index < -0.39 is 34.0 Å². The van der Waals surface area contributed by atoms with Crippen molar-refractivity contribution in [3.05, 3.63) is 34.9 Å². The third kappa shape index (κ3) is 16.1. The second-order valence-corrected chi connectivity index (χ2v) is 12.0. The van der Waals surface area contributed by atoms with E-state index in [0.717, 1.165) is 31.9 Å². The SMILES string of the molecule is CCC(C)C(NS(C)(=O)=O)C(=O)NC(CSCC=C(C)CCC=C(C)CCC=C(C)C)C(=O)O. The number of carbonyl (C=O) groups is 2. The van der Waals surface area contributed by atoms with E-state index in [1.165, 1.54) is 28.5 Å². The van der Waals surface area contributed by atoms with Crippen LogP contribution in [0.5, 0.6) is 0 Å². The Balaban J connectivity index is 4.68. The highest BCUT2D eigenvalue weighted by Gasteiger charge is 2.30. The predicted molar refractivity (Wildman–Crippen MR) is 144 cm³/mol. The van der Waals surface area contributed by atoms with Gasteiger partial charge in [-0.3, -0.25) is 4.79 Å². The molecule has 0 rings (SSSR count). The standard InChI is InChI=1S/C25H44N2O5S2/c1-8-21(6)23(27-34(7,31)32)24(28)26-22(25(29)30)17-33-16-15-20(5)14-10-13-19(4)12-9-11-18(2)3/h11,13,15,21-23,27H,8-10,12,14,16-17H2,1-7H3,(H,26,28)(H,29,30). The number of hydrogen-bond acceptors (Lipinski definition) is 5. The molecule has 0 spiro atoms. The van der Waals surface area contributed by atoms with Gasteiger partial charge in [0.1, 0.15) is 12.1 Å². The van der Waals surface area contributed by atoms with Gasteiger partial charge in [0, 0.05) is 11.5 Å². The molecule has 0 bridgehead atoms. The van der Waals surface area contributed by atoms with Crippen molar-refractivity contribution in [2.75, 3.05) is 17.8 Å². The summed E-state index contributed by atoms with van der Waals surface area (Å²) in [4.78, 5) is 24.3. The van der Waals surface area contributed by atoms with E-state index in [1.54, 1.807) is 6.92 Å². The van der Waals surface area contributed by atoms with Crippen LogP contribution >= 0.6 is 11.8 Å². The van der Waals surface area contributed by atoms with Gasteiger partial charge in [0.2, 0.25) is 15.9 Å². The third-order valence-corrected chi connectivity index (χ3v) is 7.06. The lowest BCUT2D eigenvalue weighted by atomic mass is 9.99. The number of amides is 1. The number of carbonyl (C=O) groups excluding carboxylic acids is 1. The number of carboxylic acids is 1. The zero-order chi connectivity index (χ0) is 26.3. The van der Waals surface area contributed by atoms with E-state index in [1.807, 2.05) is 6.92 Å². The fourth-order valence-electron chi connectivity index (χ4n) is 3.06. The lowest BCUT2D eigenvalue weighted by molar-refractivity contribution is -0.141. The fourth-order valence-corrected chi connectivity index (χ4v) is 4.86. The molecule has 0 saturated heterocycles. The third-order valence-electron chi connectivity index (χ3n) is 5.41. The van der Waals surface area contributed by atoms with Gasteiger partial charge in [-0.1, -0.05) is 55.2 Å². The quantitative estimate of drug-likeness (QED) is 0.191. The topological polar surface area (TPSA) is 113 Å². The number of thioether (sulfide) groups is 1. The molecular weight excluding hydrogens is 472 g/mol. The highest BCUT2D eigenvalue weighted by Crippen LogP contribution is 2.14. The largest absolute Gasteiger partial charge is 0.480 e. The average molecular weight is 517 g/mol. The fraction of sp³-hybridized carbons (Fsp3) is 0.680. The zero-order valence-corrected chi connectivity index (χ0v) is 23.4. The summed E-state index contributed by atoms with van der Waals surface area (Å²) in [5, 5.41) is 12.0. The summed E-state index contributed by atoms with van der Waals surface area (Å²) >= 11 is 1.42. The van der Waals surface area contributed by atoms with Crippen molar-refractivity contribution in [3.8, 4) is 0 Å². The van der Waals surface area contributed by atoms with Crippen molar-refractivity contribution in [2.24, 2.45) is 5.92 Å². The van der Waals surface area contributed by atoms with Crippen molar-refractivity contribution in [3.63, 3.8) is 0 Å². The molecule has 3 N–H and O–H groups in total. The van der Waals surface area contributed by atoms with Gasteiger partial charge in [-0.25, -0.2) is 17.9 Å². The van der Waals surface area contributed by atoms with E-state index in [4.69, 9.17) is 0 Å². The van der Waals surface area contributed by atoms with Crippen LogP contribution in [0.1, 0.15) is 73.6 Å². The minimum Gasteiger partial charge on any atom is -0.480 e. The van der Waals surface area contributed by atoms with Gasteiger partial charge in [0.25, 0.3) is 0 Å². The number of rotatable bonds is 17. The molecule has 0 aromatic rings. The Morgan fingerprint density at radius 1 is 1.00 bits per heavy atom. The van der Waals surface area contributed by atoms with Crippen LogP contribution in [0.2, 0.25) is 0 Å². The summed E-state index contributed by atoms with van der Waals surface area (Å²) in [5.74, 6) is -1.19. The molecule has 0 aromatic carbocycles. The van der Waals surface area contributed by atoms with Crippen molar-refractivity contribution < 1.29 is 23.1 Å². The Bertz CT molecular complexity index is 843. The van der Waals surface area contributed by atoms with Crippen LogP contribution < -0.4 is 10.0 Å². The van der Waals surface area contributed by atoms with Gasteiger partial charge >= 0.3 is 5.97 Å². The van der Waals surface area contributed by atoms with Gasteiger partial charge in [0.15, 0.2) is 0 Å². The van der Waals surface area contributed by atoms with Crippen LogP contribution in [-0.2, 0) is 19.6 Å². The number of nitrogens with one attached hydrogen (secondary N) is 2. The van der Waals surface area contributed by atoms with Crippen molar-refractivity contribution in [2.45, 2.75) is 85.7 Å². The second-order valence-electron chi connectivity index (χ2n) is 9.15. The molecule has 0 fully saturated rings. The molecule has 3 atom stereocenters. The monoisotopic (exact) mass is 516 g/mol. The zero-order valence-electron chi connectivity index (χ0n) is 21.8. The molecule has 0 radical (unpaired) electrons. The average Bonchev–Trinajstić information content (AvgIpc) is 2.72. The molecule has 0 heterocycles. The molecular formula is C25H44N2O5S2. The van der Waals surface area contributed by atoms with Gasteiger partial charge < -0.3 is 10.4 Å². The first kappa shape index (κ1) is 32.4. The van der Waals surface area contributed by atoms with Crippen LogP contribution in [0, 0.1) is 5.92 Å². The number of aliphatic carboxylic acids is 1. The highest BCUT2D eigenvalue weighted by molar-refractivity contribution is 7.99. The lowest BCUT2D eigenvalue weighted by Gasteiger charge is -2.24. The predicted octanol–water partition coefficient (Wildman–Crippen LogP) is 4.67. The summed E-state index contributed by atoms with van der Waals surface area (Å²) in [6.07, 6.45) is 12.2. The minimum atomic E-state index is -3.61. The van der Waals surface area contributed by atoms with Crippen LogP contribution in [-0.4, -0.2) is 55.2 Å². The van der Waals surface area contributed by atoms with E-state index in [0.29, 0.717) is 12.2 Å². The van der Waals surface area contributed by atoms with Gasteiger partial charge in [0.05, 0.1) is 6.26 Å². The molecule has 3 unspecified atom stereocenters. The lowest BCUT2D eigenvalue weighted by Crippen LogP contribution is -2.54. The van der Waals surface area contributed by atoms with Crippen LogP contribution in [0.4, 0.5) is 0 Å². The molecule has 0 aromatic heterocycles. The van der Waals surface area contributed by atoms with Crippen molar-refractivity contribution in [1.29, 1.82) is 0 Å². The Kier molecular flexibility index (Phi) is 16.2. The van der Waals surface area contributed by atoms with E-state index >= 15 is 0 Å². The number of hydrogen-bond donors (Lipinski definition) is 3. The normalized spacial score (nSPS) is 15.4. The number of allylic oxidation sites excluding steroid dienone is 5. The molecule has 7 nitrogen and oxygen atoms in total. The summed E-state index contributed by atoms with van der Waals surface area (Å²) in [6.45, 7) is 12.0. The second kappa shape index (κ2) is 16.9. The summed E-state index contributed by atoms with van der Waals surface area (Å²) < 4.78 is 25.6. The first-order valence-corrected chi connectivity index (χ1v) is 14.8. The maximum absolute atomic E-state index is 12.6. The number of carboxylic acid groups (broad SMARTS) is 1. The first-order valence-electron chi connectivity index (χ1n) is 11.8. The van der Waals surface area contributed by atoms with Crippen molar-refractivity contribution in [1.82, 2.24) is 10.0 Å². The maximum atomic E-state index is 12.6. The smallest absolute Gasteiger partial charge is 0.327 e. The molecule has 9 heteroatoms. The molecule has 0 aliphatic rings. The van der Waals surface area contributed by atoms with E-state index in [9.17, 15) is 23.1 Å². The first-order chi connectivity index (χ1) is 15.8. The highest BCUT2D eigenvalue weighted by atomic mass is 32.2. The summed E-state index contributed by atoms with van der Waals surface area (Å²) in [6, 6.07) is -2.10.